The summed E-state index contributed by atoms with van der Waals surface area (Å²) in [6.45, 7) is 7.92. The molecule has 4 nitrogen and oxygen atoms in total. The summed E-state index contributed by atoms with van der Waals surface area (Å²) in [5.74, 6) is 0.949. The van der Waals surface area contributed by atoms with E-state index in [1.165, 1.54) is 31.6 Å². The quantitative estimate of drug-likeness (QED) is 0.856. The van der Waals surface area contributed by atoms with Gasteiger partial charge in [0.1, 0.15) is 11.9 Å². The van der Waals surface area contributed by atoms with E-state index in [1.54, 1.807) is 0 Å². The van der Waals surface area contributed by atoms with Gasteiger partial charge in [0.25, 0.3) is 0 Å². The Bertz CT molecular complexity index is 457. The van der Waals surface area contributed by atoms with E-state index in [1.807, 2.05) is 12.1 Å². The Kier molecular flexibility index (Phi) is 4.01. The fourth-order valence-electron chi connectivity index (χ4n) is 3.14. The Morgan fingerprint density at radius 2 is 2.05 bits per heavy atom. The van der Waals surface area contributed by atoms with Gasteiger partial charge in [0.2, 0.25) is 0 Å². The number of benzene rings is 1. The van der Waals surface area contributed by atoms with Crippen LogP contribution in [0.5, 0.6) is 5.75 Å². The van der Waals surface area contributed by atoms with Gasteiger partial charge in [-0.3, -0.25) is 0 Å². The van der Waals surface area contributed by atoms with Crippen LogP contribution in [-0.2, 0) is 0 Å². The molecular weight excluding hydrogens is 250 g/mol. The highest BCUT2D eigenvalue weighted by Gasteiger charge is 2.25. The number of fused-ring (bicyclic) bond motifs is 1. The third kappa shape index (κ3) is 2.85. The molecule has 1 fully saturated rings. The van der Waals surface area contributed by atoms with Crippen molar-refractivity contribution in [2.24, 2.45) is 0 Å². The number of hydrogen-bond donors (Lipinski definition) is 1. The minimum atomic E-state index is 0.280. The highest BCUT2D eigenvalue weighted by atomic mass is 16.5. The summed E-state index contributed by atoms with van der Waals surface area (Å²) in [7, 11) is 0. The molecule has 0 aliphatic carbocycles. The normalized spacial score (nSPS) is 22.6. The summed E-state index contributed by atoms with van der Waals surface area (Å²) >= 11 is 0. The Hall–Kier alpha value is -1.42. The maximum absolute atomic E-state index is 6.03. The molecule has 4 heteroatoms. The van der Waals surface area contributed by atoms with Crippen LogP contribution in [0.2, 0.25) is 0 Å². The van der Waals surface area contributed by atoms with Gasteiger partial charge in [0.15, 0.2) is 0 Å². The molecule has 2 aliphatic heterocycles. The molecule has 1 atom stereocenters. The van der Waals surface area contributed by atoms with Crippen molar-refractivity contribution < 1.29 is 4.74 Å². The SMILES string of the molecule is CCC1CN(CCN2CCCC2)c2ccc(N)cc2O1. The monoisotopic (exact) mass is 275 g/mol. The average Bonchev–Trinajstić information content (AvgIpc) is 2.97. The van der Waals surface area contributed by atoms with Crippen molar-refractivity contribution in [3.05, 3.63) is 18.2 Å². The number of hydrogen-bond acceptors (Lipinski definition) is 4. The zero-order valence-electron chi connectivity index (χ0n) is 12.3. The van der Waals surface area contributed by atoms with Crippen LogP contribution in [-0.4, -0.2) is 43.7 Å². The first-order valence-corrected chi connectivity index (χ1v) is 7.79. The molecule has 2 heterocycles. The van der Waals surface area contributed by atoms with E-state index < -0.39 is 0 Å². The van der Waals surface area contributed by atoms with Gasteiger partial charge in [0.05, 0.1) is 12.2 Å². The van der Waals surface area contributed by atoms with Crippen molar-refractivity contribution in [2.75, 3.05) is 43.4 Å². The lowest BCUT2D eigenvalue weighted by Gasteiger charge is -2.37. The van der Waals surface area contributed by atoms with E-state index in [0.717, 1.165) is 37.5 Å². The molecule has 0 aromatic heterocycles. The van der Waals surface area contributed by atoms with Crippen LogP contribution in [0.15, 0.2) is 18.2 Å². The molecule has 110 valence electrons. The fourth-order valence-corrected chi connectivity index (χ4v) is 3.14. The Morgan fingerprint density at radius 1 is 1.25 bits per heavy atom. The van der Waals surface area contributed by atoms with Crippen molar-refractivity contribution in [3.63, 3.8) is 0 Å². The number of rotatable bonds is 4. The van der Waals surface area contributed by atoms with Crippen molar-refractivity contribution >= 4 is 11.4 Å². The molecular formula is C16H25N3O. The second-order valence-corrected chi connectivity index (χ2v) is 5.87. The maximum atomic E-state index is 6.03. The topological polar surface area (TPSA) is 41.7 Å². The molecule has 3 rings (SSSR count). The number of nitrogens with two attached hydrogens (primary N) is 1. The van der Waals surface area contributed by atoms with Gasteiger partial charge < -0.3 is 20.3 Å². The number of nitrogen functional groups attached to an aromatic ring is 1. The van der Waals surface area contributed by atoms with Gasteiger partial charge >= 0.3 is 0 Å². The number of likely N-dealkylation sites (tertiary alicyclic amines) is 1. The highest BCUT2D eigenvalue weighted by Crippen LogP contribution is 2.35. The van der Waals surface area contributed by atoms with Gasteiger partial charge in [-0.15, -0.1) is 0 Å². The molecule has 1 saturated heterocycles. The second kappa shape index (κ2) is 5.92. The van der Waals surface area contributed by atoms with Crippen molar-refractivity contribution in [3.8, 4) is 5.75 Å². The van der Waals surface area contributed by atoms with Crippen LogP contribution in [0.3, 0.4) is 0 Å². The Balaban J connectivity index is 1.72. The van der Waals surface area contributed by atoms with E-state index in [2.05, 4.69) is 22.8 Å². The molecule has 0 saturated carbocycles. The Labute approximate surface area is 121 Å². The molecule has 1 aromatic rings. The molecule has 0 bridgehead atoms. The first kappa shape index (κ1) is 13.6. The van der Waals surface area contributed by atoms with Crippen LogP contribution in [0.25, 0.3) is 0 Å². The van der Waals surface area contributed by atoms with Crippen LogP contribution < -0.4 is 15.4 Å². The van der Waals surface area contributed by atoms with Gasteiger partial charge in [-0.2, -0.15) is 0 Å². The van der Waals surface area contributed by atoms with Crippen LogP contribution in [0, 0.1) is 0 Å². The molecule has 0 spiro atoms. The zero-order chi connectivity index (χ0) is 13.9. The van der Waals surface area contributed by atoms with E-state index >= 15 is 0 Å². The summed E-state index contributed by atoms with van der Waals surface area (Å²) in [4.78, 5) is 5.03. The summed E-state index contributed by atoms with van der Waals surface area (Å²) in [5.41, 5.74) is 7.86. The average molecular weight is 275 g/mol. The minimum absolute atomic E-state index is 0.280. The summed E-state index contributed by atoms with van der Waals surface area (Å²) in [6.07, 6.45) is 4.03. The maximum Gasteiger partial charge on any atom is 0.145 e. The molecule has 20 heavy (non-hydrogen) atoms. The third-order valence-corrected chi connectivity index (χ3v) is 4.38. The Morgan fingerprint density at radius 3 is 2.80 bits per heavy atom. The first-order valence-electron chi connectivity index (χ1n) is 7.79. The van der Waals surface area contributed by atoms with Crippen molar-refractivity contribution in [2.45, 2.75) is 32.3 Å². The highest BCUT2D eigenvalue weighted by molar-refractivity contribution is 5.65. The van der Waals surface area contributed by atoms with Gasteiger partial charge in [-0.25, -0.2) is 0 Å². The lowest BCUT2D eigenvalue weighted by molar-refractivity contribution is 0.187. The summed E-state index contributed by atoms with van der Waals surface area (Å²) in [5, 5.41) is 0. The smallest absolute Gasteiger partial charge is 0.145 e. The lowest BCUT2D eigenvalue weighted by atomic mass is 10.1. The number of ether oxygens (including phenoxy) is 1. The molecule has 1 aromatic carbocycles. The van der Waals surface area contributed by atoms with Crippen molar-refractivity contribution in [1.82, 2.24) is 4.90 Å². The van der Waals surface area contributed by atoms with Gasteiger partial charge in [-0.05, 0) is 44.5 Å². The fraction of sp³-hybridized carbons (Fsp3) is 0.625. The minimum Gasteiger partial charge on any atom is -0.486 e. The van der Waals surface area contributed by atoms with Crippen LogP contribution in [0.1, 0.15) is 26.2 Å². The molecule has 0 amide bonds. The summed E-state index contributed by atoms with van der Waals surface area (Å²) < 4.78 is 6.03. The molecule has 0 radical (unpaired) electrons. The number of anilines is 2. The molecule has 1 unspecified atom stereocenters. The standard InChI is InChI=1S/C16H25N3O/c1-2-14-12-19(10-9-18-7-3-4-8-18)15-6-5-13(17)11-16(15)20-14/h5-6,11,14H,2-4,7-10,12,17H2,1H3. The predicted molar refractivity (Wildman–Crippen MR) is 83.4 cm³/mol. The van der Waals surface area contributed by atoms with Gasteiger partial charge in [-0.1, -0.05) is 6.92 Å². The zero-order valence-corrected chi connectivity index (χ0v) is 12.3. The third-order valence-electron chi connectivity index (χ3n) is 4.38. The van der Waals surface area contributed by atoms with E-state index in [0.29, 0.717) is 0 Å². The molecule has 2 N–H and O–H groups in total. The first-order chi connectivity index (χ1) is 9.76. The lowest BCUT2D eigenvalue weighted by Crippen LogP contribution is -2.43. The predicted octanol–water partition coefficient (Wildman–Crippen LogP) is 2.34. The number of nitrogens with zero attached hydrogens (tertiary/aromatic N) is 2. The van der Waals surface area contributed by atoms with Crippen molar-refractivity contribution in [1.29, 1.82) is 0 Å². The van der Waals surface area contributed by atoms with E-state index in [9.17, 15) is 0 Å². The van der Waals surface area contributed by atoms with Crippen LogP contribution in [0.4, 0.5) is 11.4 Å². The van der Waals surface area contributed by atoms with E-state index in [4.69, 9.17) is 10.5 Å². The largest absolute Gasteiger partial charge is 0.486 e. The summed E-state index contributed by atoms with van der Waals surface area (Å²) in [6, 6.07) is 6.03. The second-order valence-electron chi connectivity index (χ2n) is 5.87. The molecule has 2 aliphatic rings. The van der Waals surface area contributed by atoms with Gasteiger partial charge in [0, 0.05) is 24.8 Å². The van der Waals surface area contributed by atoms with Crippen LogP contribution >= 0.6 is 0 Å². The van der Waals surface area contributed by atoms with E-state index in [-0.39, 0.29) is 6.10 Å².